The molecule has 6 heteroatoms. The van der Waals surface area contributed by atoms with Gasteiger partial charge in [0.1, 0.15) is 5.82 Å². The highest BCUT2D eigenvalue weighted by Crippen LogP contribution is 2.21. The average molecular weight is 354 g/mol. The van der Waals surface area contributed by atoms with Crippen molar-refractivity contribution in [2.24, 2.45) is 0 Å². The SMILES string of the molecule is COCCCNC(=O)c1ccc(N2CCNC(c3ccccc3)C2)nc1. The Bertz CT molecular complexity index is 691. The van der Waals surface area contributed by atoms with Gasteiger partial charge < -0.3 is 20.3 Å². The highest BCUT2D eigenvalue weighted by Gasteiger charge is 2.21. The van der Waals surface area contributed by atoms with Crippen LogP contribution < -0.4 is 15.5 Å². The fraction of sp³-hybridized carbons (Fsp3) is 0.400. The zero-order valence-electron chi connectivity index (χ0n) is 15.1. The molecule has 1 aromatic carbocycles. The molecule has 26 heavy (non-hydrogen) atoms. The van der Waals surface area contributed by atoms with Gasteiger partial charge in [-0.25, -0.2) is 4.98 Å². The molecule has 1 aliphatic rings. The normalized spacial score (nSPS) is 17.1. The van der Waals surface area contributed by atoms with Crippen molar-refractivity contribution in [1.82, 2.24) is 15.6 Å². The van der Waals surface area contributed by atoms with Crippen LogP contribution in [-0.4, -0.2) is 50.8 Å². The number of nitrogens with zero attached hydrogens (tertiary/aromatic N) is 2. The molecule has 2 aromatic rings. The Balaban J connectivity index is 1.58. The minimum Gasteiger partial charge on any atom is -0.385 e. The lowest BCUT2D eigenvalue weighted by Gasteiger charge is -2.34. The smallest absolute Gasteiger partial charge is 0.252 e. The van der Waals surface area contributed by atoms with Crippen LogP contribution in [0.2, 0.25) is 0 Å². The Morgan fingerprint density at radius 3 is 2.88 bits per heavy atom. The molecule has 0 saturated carbocycles. The summed E-state index contributed by atoms with van der Waals surface area (Å²) in [7, 11) is 1.66. The van der Waals surface area contributed by atoms with E-state index < -0.39 is 0 Å². The lowest BCUT2D eigenvalue weighted by molar-refractivity contribution is 0.0948. The molecule has 3 rings (SSSR count). The van der Waals surface area contributed by atoms with Crippen molar-refractivity contribution in [2.45, 2.75) is 12.5 Å². The largest absolute Gasteiger partial charge is 0.385 e. The molecule has 1 amide bonds. The summed E-state index contributed by atoms with van der Waals surface area (Å²) in [4.78, 5) is 18.9. The van der Waals surface area contributed by atoms with E-state index in [9.17, 15) is 4.79 Å². The average Bonchev–Trinajstić information content (AvgIpc) is 2.72. The number of methoxy groups -OCH3 is 1. The van der Waals surface area contributed by atoms with E-state index in [2.05, 4.69) is 44.8 Å². The van der Waals surface area contributed by atoms with Crippen LogP contribution in [0, 0.1) is 0 Å². The standard InChI is InChI=1S/C20H26N4O2/c1-26-13-5-10-22-20(25)17-8-9-19(23-14-17)24-12-11-21-18(15-24)16-6-3-2-4-7-16/h2-4,6-9,14,18,21H,5,10-13,15H2,1H3,(H,22,25). The molecule has 1 atom stereocenters. The predicted molar refractivity (Wildman–Crippen MR) is 102 cm³/mol. The number of benzene rings is 1. The monoisotopic (exact) mass is 354 g/mol. The number of nitrogens with one attached hydrogen (secondary N) is 2. The first-order valence-electron chi connectivity index (χ1n) is 9.04. The van der Waals surface area contributed by atoms with Gasteiger partial charge in [0.2, 0.25) is 0 Å². The Kier molecular flexibility index (Phi) is 6.57. The van der Waals surface area contributed by atoms with Gasteiger partial charge in [-0.3, -0.25) is 4.79 Å². The van der Waals surface area contributed by atoms with Crippen molar-refractivity contribution in [2.75, 3.05) is 44.8 Å². The summed E-state index contributed by atoms with van der Waals surface area (Å²) in [6, 6.07) is 14.5. The second kappa shape index (κ2) is 9.31. The summed E-state index contributed by atoms with van der Waals surface area (Å²) in [5.41, 5.74) is 1.87. The summed E-state index contributed by atoms with van der Waals surface area (Å²) in [6.07, 6.45) is 2.45. The molecule has 1 unspecified atom stereocenters. The number of hydrogen-bond acceptors (Lipinski definition) is 5. The summed E-state index contributed by atoms with van der Waals surface area (Å²) in [6.45, 7) is 3.91. The molecule has 2 heterocycles. The zero-order valence-corrected chi connectivity index (χ0v) is 15.1. The van der Waals surface area contributed by atoms with Gasteiger partial charge in [-0.1, -0.05) is 30.3 Å². The van der Waals surface area contributed by atoms with Crippen LogP contribution in [0.15, 0.2) is 48.7 Å². The van der Waals surface area contributed by atoms with E-state index in [0.29, 0.717) is 18.7 Å². The van der Waals surface area contributed by atoms with Gasteiger partial charge in [-0.15, -0.1) is 0 Å². The number of carbonyl (C=O) groups is 1. The maximum Gasteiger partial charge on any atom is 0.252 e. The fourth-order valence-electron chi connectivity index (χ4n) is 3.09. The van der Waals surface area contributed by atoms with Crippen molar-refractivity contribution >= 4 is 11.7 Å². The van der Waals surface area contributed by atoms with Crippen molar-refractivity contribution in [3.05, 3.63) is 59.8 Å². The van der Waals surface area contributed by atoms with Crippen molar-refractivity contribution in [3.63, 3.8) is 0 Å². The summed E-state index contributed by atoms with van der Waals surface area (Å²) < 4.78 is 4.98. The van der Waals surface area contributed by atoms with Gasteiger partial charge in [0, 0.05) is 52.1 Å². The fourth-order valence-corrected chi connectivity index (χ4v) is 3.09. The third kappa shape index (κ3) is 4.80. The first-order chi connectivity index (χ1) is 12.8. The minimum absolute atomic E-state index is 0.0948. The maximum absolute atomic E-state index is 12.1. The molecule has 1 fully saturated rings. The molecule has 0 spiro atoms. The number of pyridine rings is 1. The van der Waals surface area contributed by atoms with Gasteiger partial charge >= 0.3 is 0 Å². The van der Waals surface area contributed by atoms with Gasteiger partial charge in [-0.2, -0.15) is 0 Å². The number of rotatable bonds is 7. The van der Waals surface area contributed by atoms with Crippen LogP contribution in [0.25, 0.3) is 0 Å². The number of carbonyl (C=O) groups excluding carboxylic acids is 1. The molecule has 2 N–H and O–H groups in total. The number of hydrogen-bond donors (Lipinski definition) is 2. The molecule has 1 aliphatic heterocycles. The van der Waals surface area contributed by atoms with E-state index >= 15 is 0 Å². The molecule has 6 nitrogen and oxygen atoms in total. The van der Waals surface area contributed by atoms with Crippen LogP contribution in [0.5, 0.6) is 0 Å². The Morgan fingerprint density at radius 1 is 1.31 bits per heavy atom. The van der Waals surface area contributed by atoms with E-state index in [1.54, 1.807) is 13.3 Å². The number of aromatic nitrogens is 1. The van der Waals surface area contributed by atoms with E-state index in [0.717, 1.165) is 31.9 Å². The molecular formula is C20H26N4O2. The summed E-state index contributed by atoms with van der Waals surface area (Å²) in [5, 5.41) is 6.43. The molecule has 138 valence electrons. The molecule has 0 aliphatic carbocycles. The highest BCUT2D eigenvalue weighted by atomic mass is 16.5. The number of anilines is 1. The molecule has 1 aromatic heterocycles. The topological polar surface area (TPSA) is 66.5 Å². The number of amides is 1. The molecule has 0 radical (unpaired) electrons. The van der Waals surface area contributed by atoms with Crippen LogP contribution in [0.4, 0.5) is 5.82 Å². The van der Waals surface area contributed by atoms with Crippen LogP contribution in [0.1, 0.15) is 28.4 Å². The lowest BCUT2D eigenvalue weighted by Crippen LogP contribution is -2.46. The lowest BCUT2D eigenvalue weighted by atomic mass is 10.0. The summed E-state index contributed by atoms with van der Waals surface area (Å²) >= 11 is 0. The van der Waals surface area contributed by atoms with E-state index in [-0.39, 0.29) is 11.9 Å². The predicted octanol–water partition coefficient (Wildman–Crippen LogP) is 2.00. The van der Waals surface area contributed by atoms with Gasteiger partial charge in [0.05, 0.1) is 5.56 Å². The van der Waals surface area contributed by atoms with E-state index in [1.165, 1.54) is 5.56 Å². The number of ether oxygens (including phenoxy) is 1. The maximum atomic E-state index is 12.1. The third-order valence-corrected chi connectivity index (χ3v) is 4.52. The highest BCUT2D eigenvalue weighted by molar-refractivity contribution is 5.94. The van der Waals surface area contributed by atoms with Crippen molar-refractivity contribution in [1.29, 1.82) is 0 Å². The number of piperazine rings is 1. The van der Waals surface area contributed by atoms with Gasteiger partial charge in [-0.05, 0) is 24.1 Å². The minimum atomic E-state index is -0.0948. The van der Waals surface area contributed by atoms with E-state index in [1.807, 2.05) is 18.2 Å². The van der Waals surface area contributed by atoms with Gasteiger partial charge in [0.15, 0.2) is 0 Å². The Morgan fingerprint density at radius 2 is 2.15 bits per heavy atom. The van der Waals surface area contributed by atoms with Gasteiger partial charge in [0.25, 0.3) is 5.91 Å². The molecule has 0 bridgehead atoms. The van der Waals surface area contributed by atoms with Crippen molar-refractivity contribution < 1.29 is 9.53 Å². The molecular weight excluding hydrogens is 328 g/mol. The molecule has 1 saturated heterocycles. The van der Waals surface area contributed by atoms with Crippen LogP contribution >= 0.6 is 0 Å². The van der Waals surface area contributed by atoms with Crippen molar-refractivity contribution in [3.8, 4) is 0 Å². The van der Waals surface area contributed by atoms with Crippen LogP contribution in [-0.2, 0) is 4.74 Å². The Labute approximate surface area is 154 Å². The third-order valence-electron chi connectivity index (χ3n) is 4.52. The quantitative estimate of drug-likeness (QED) is 0.745. The van der Waals surface area contributed by atoms with Crippen LogP contribution in [0.3, 0.4) is 0 Å². The first kappa shape index (κ1) is 18.4. The van der Waals surface area contributed by atoms with E-state index in [4.69, 9.17) is 4.74 Å². The Hall–Kier alpha value is -2.44. The second-order valence-corrected chi connectivity index (χ2v) is 6.37. The first-order valence-corrected chi connectivity index (χ1v) is 9.04. The summed E-state index contributed by atoms with van der Waals surface area (Å²) in [5.74, 6) is 0.811. The second-order valence-electron chi connectivity index (χ2n) is 6.37. The zero-order chi connectivity index (χ0) is 18.2.